The van der Waals surface area contributed by atoms with E-state index < -0.39 is 34.4 Å². The highest BCUT2D eigenvalue weighted by Gasteiger charge is 2.32. The maximum atomic E-state index is 13.6. The van der Waals surface area contributed by atoms with Crippen molar-refractivity contribution in [3.8, 4) is 5.75 Å². The van der Waals surface area contributed by atoms with E-state index in [1.807, 2.05) is 44.2 Å². The number of nitrogens with one attached hydrogen (secondary N) is 1. The standard InChI is InChI=1S/C29H42N2O7S/c1-6-21(2)19-31(39(35,36)26-16-14-25(37-5)15-17-26)20-28(33)27(18-24-10-8-7-9-11-24)30-29(34)38-23(4)13-12-22(3)32/h7-11,14-17,21,23,27-28,33H,6,12-13,18-20H2,1-5H3,(H,30,34)/t21-,23-,27-,28+/m0/s1. The van der Waals surface area contributed by atoms with Crippen molar-refractivity contribution >= 4 is 21.9 Å². The third-order valence-corrected chi connectivity index (χ3v) is 8.42. The number of ether oxygens (including phenoxy) is 2. The van der Waals surface area contributed by atoms with Crippen molar-refractivity contribution < 1.29 is 32.6 Å². The number of amides is 1. The Hall–Kier alpha value is -2.95. The largest absolute Gasteiger partial charge is 0.497 e. The first-order valence-electron chi connectivity index (χ1n) is 13.3. The molecule has 0 bridgehead atoms. The van der Waals surface area contributed by atoms with Gasteiger partial charge in [0.15, 0.2) is 0 Å². The van der Waals surface area contributed by atoms with Crippen LogP contribution in [-0.4, -0.2) is 68.2 Å². The monoisotopic (exact) mass is 562 g/mol. The molecule has 39 heavy (non-hydrogen) atoms. The average molecular weight is 563 g/mol. The predicted molar refractivity (Wildman–Crippen MR) is 150 cm³/mol. The number of alkyl carbamates (subject to hydrolysis) is 1. The minimum Gasteiger partial charge on any atom is -0.497 e. The number of rotatable bonds is 16. The number of hydrogen-bond donors (Lipinski definition) is 2. The molecule has 2 N–H and O–H groups in total. The zero-order valence-electron chi connectivity index (χ0n) is 23.5. The topological polar surface area (TPSA) is 122 Å². The summed E-state index contributed by atoms with van der Waals surface area (Å²) >= 11 is 0. The SMILES string of the molecule is CC[C@H](C)CN(C[C@@H](O)[C@H](Cc1ccccc1)NC(=O)O[C@@H](C)CCC(C)=O)S(=O)(=O)c1ccc(OC)cc1. The second-order valence-corrected chi connectivity index (χ2v) is 11.9. The van der Waals surface area contributed by atoms with E-state index in [4.69, 9.17) is 9.47 Å². The lowest BCUT2D eigenvalue weighted by molar-refractivity contribution is -0.117. The third kappa shape index (κ3) is 10.6. The van der Waals surface area contributed by atoms with Crippen molar-refractivity contribution in [2.75, 3.05) is 20.2 Å². The van der Waals surface area contributed by atoms with Crippen molar-refractivity contribution in [2.24, 2.45) is 5.92 Å². The first kappa shape index (κ1) is 32.3. The molecular weight excluding hydrogens is 520 g/mol. The molecule has 0 unspecified atom stereocenters. The molecule has 0 aromatic heterocycles. The van der Waals surface area contributed by atoms with Gasteiger partial charge in [-0.25, -0.2) is 13.2 Å². The molecule has 9 nitrogen and oxygen atoms in total. The first-order chi connectivity index (χ1) is 18.5. The van der Waals surface area contributed by atoms with Crippen molar-refractivity contribution in [3.63, 3.8) is 0 Å². The number of sulfonamides is 1. The number of carbonyl (C=O) groups is 2. The van der Waals surface area contributed by atoms with Gasteiger partial charge in [-0.15, -0.1) is 0 Å². The highest BCUT2D eigenvalue weighted by Crippen LogP contribution is 2.22. The van der Waals surface area contributed by atoms with Crippen LogP contribution in [0.15, 0.2) is 59.5 Å². The summed E-state index contributed by atoms with van der Waals surface area (Å²) in [4.78, 5) is 24.1. The number of nitrogens with zero attached hydrogens (tertiary/aromatic N) is 1. The van der Waals surface area contributed by atoms with E-state index in [9.17, 15) is 23.1 Å². The van der Waals surface area contributed by atoms with Crippen LogP contribution in [0.5, 0.6) is 5.75 Å². The first-order valence-corrected chi connectivity index (χ1v) is 14.7. The summed E-state index contributed by atoms with van der Waals surface area (Å²) < 4.78 is 39.1. The minimum atomic E-state index is -3.95. The molecule has 0 aliphatic rings. The van der Waals surface area contributed by atoms with Gasteiger partial charge in [-0.05, 0) is 62.4 Å². The Morgan fingerprint density at radius 1 is 1.03 bits per heavy atom. The summed E-state index contributed by atoms with van der Waals surface area (Å²) in [7, 11) is -2.45. The zero-order chi connectivity index (χ0) is 29.0. The zero-order valence-corrected chi connectivity index (χ0v) is 24.3. The molecule has 0 aliphatic carbocycles. The molecule has 0 fully saturated rings. The van der Waals surface area contributed by atoms with Crippen LogP contribution in [0.2, 0.25) is 0 Å². The Morgan fingerprint density at radius 2 is 1.67 bits per heavy atom. The van der Waals surface area contributed by atoms with Crippen LogP contribution in [0.3, 0.4) is 0 Å². The Balaban J connectivity index is 2.28. The highest BCUT2D eigenvalue weighted by molar-refractivity contribution is 7.89. The lowest BCUT2D eigenvalue weighted by atomic mass is 10.0. The van der Waals surface area contributed by atoms with Crippen LogP contribution < -0.4 is 10.1 Å². The molecule has 0 spiro atoms. The second kappa shape index (κ2) is 15.6. The smallest absolute Gasteiger partial charge is 0.407 e. The third-order valence-electron chi connectivity index (χ3n) is 6.58. The van der Waals surface area contributed by atoms with E-state index in [1.165, 1.54) is 30.5 Å². The van der Waals surface area contributed by atoms with E-state index in [2.05, 4.69) is 5.32 Å². The molecule has 0 saturated heterocycles. The number of carbonyl (C=O) groups excluding carboxylic acids is 2. The Kier molecular flexibility index (Phi) is 12.9. The maximum absolute atomic E-state index is 13.6. The fraction of sp³-hybridized carbons (Fsp3) is 0.517. The van der Waals surface area contributed by atoms with Crippen LogP contribution in [-0.2, 0) is 26.0 Å². The lowest BCUT2D eigenvalue weighted by Gasteiger charge is -2.31. The Labute approximate surface area is 232 Å². The Morgan fingerprint density at radius 3 is 2.23 bits per heavy atom. The minimum absolute atomic E-state index is 0.00250. The molecule has 0 radical (unpaired) electrons. The van der Waals surface area contributed by atoms with Crippen LogP contribution in [0.1, 0.15) is 52.5 Å². The van der Waals surface area contributed by atoms with Gasteiger partial charge in [0.2, 0.25) is 10.0 Å². The van der Waals surface area contributed by atoms with Crippen molar-refractivity contribution in [3.05, 3.63) is 60.2 Å². The van der Waals surface area contributed by atoms with Crippen molar-refractivity contribution in [1.29, 1.82) is 0 Å². The predicted octanol–water partition coefficient (Wildman–Crippen LogP) is 4.19. The summed E-state index contributed by atoms with van der Waals surface area (Å²) in [5.41, 5.74) is 0.859. The van der Waals surface area contributed by atoms with Gasteiger partial charge in [-0.1, -0.05) is 50.6 Å². The van der Waals surface area contributed by atoms with Gasteiger partial charge in [-0.3, -0.25) is 0 Å². The normalized spacial score (nSPS) is 14.7. The lowest BCUT2D eigenvalue weighted by Crippen LogP contribution is -2.51. The van der Waals surface area contributed by atoms with Crippen LogP contribution in [0.4, 0.5) is 4.79 Å². The van der Waals surface area contributed by atoms with E-state index in [1.54, 1.807) is 19.1 Å². The molecule has 0 aliphatic heterocycles. The summed E-state index contributed by atoms with van der Waals surface area (Å²) in [6.07, 6.45) is -0.782. The highest BCUT2D eigenvalue weighted by atomic mass is 32.2. The van der Waals surface area contributed by atoms with Crippen molar-refractivity contribution in [2.45, 2.75) is 76.5 Å². The van der Waals surface area contributed by atoms with Gasteiger partial charge in [0.1, 0.15) is 17.6 Å². The van der Waals surface area contributed by atoms with Crippen LogP contribution in [0.25, 0.3) is 0 Å². The molecule has 216 valence electrons. The van der Waals surface area contributed by atoms with E-state index >= 15 is 0 Å². The van der Waals surface area contributed by atoms with Crippen LogP contribution >= 0.6 is 0 Å². The molecular formula is C29H42N2O7S. The van der Waals surface area contributed by atoms with Crippen molar-refractivity contribution in [1.82, 2.24) is 9.62 Å². The number of methoxy groups -OCH3 is 1. The van der Waals surface area contributed by atoms with Gasteiger partial charge in [0.05, 0.1) is 24.2 Å². The van der Waals surface area contributed by atoms with E-state index in [0.717, 1.165) is 12.0 Å². The van der Waals surface area contributed by atoms with E-state index in [-0.39, 0.29) is 42.5 Å². The van der Waals surface area contributed by atoms with Gasteiger partial charge in [0.25, 0.3) is 0 Å². The fourth-order valence-electron chi connectivity index (χ4n) is 3.97. The van der Waals surface area contributed by atoms with Gasteiger partial charge in [0, 0.05) is 19.5 Å². The summed E-state index contributed by atoms with van der Waals surface area (Å²) in [5, 5.41) is 14.1. The number of benzene rings is 2. The van der Waals surface area contributed by atoms with Gasteiger partial charge >= 0.3 is 6.09 Å². The molecule has 2 aromatic carbocycles. The molecule has 4 atom stereocenters. The number of hydrogen-bond acceptors (Lipinski definition) is 7. The maximum Gasteiger partial charge on any atom is 0.407 e. The quantitative estimate of drug-likeness (QED) is 0.315. The van der Waals surface area contributed by atoms with Gasteiger partial charge in [-0.2, -0.15) is 4.31 Å². The molecule has 1 amide bonds. The fourth-order valence-corrected chi connectivity index (χ4v) is 5.54. The number of Topliss-reactive ketones (excluding diaryl/α,β-unsaturated/α-hetero) is 1. The molecule has 0 saturated carbocycles. The summed E-state index contributed by atoms with van der Waals surface area (Å²) in [5.74, 6) is 0.575. The summed E-state index contributed by atoms with van der Waals surface area (Å²) in [6.45, 7) is 7.07. The number of aliphatic hydroxyl groups excluding tert-OH is 1. The van der Waals surface area contributed by atoms with Crippen LogP contribution in [0, 0.1) is 5.92 Å². The number of ketones is 1. The average Bonchev–Trinajstić information content (AvgIpc) is 2.91. The van der Waals surface area contributed by atoms with Gasteiger partial charge < -0.3 is 24.7 Å². The second-order valence-electron chi connectivity index (χ2n) is 9.98. The molecule has 2 rings (SSSR count). The molecule has 0 heterocycles. The Bertz CT molecular complexity index is 1140. The van der Waals surface area contributed by atoms with E-state index in [0.29, 0.717) is 12.2 Å². The molecule has 2 aromatic rings. The summed E-state index contributed by atoms with van der Waals surface area (Å²) in [6, 6.07) is 14.6. The molecule has 10 heteroatoms. The number of aliphatic hydroxyl groups is 1.